The molecule has 3 aromatic carbocycles. The van der Waals surface area contributed by atoms with Crippen LogP contribution in [0.4, 0.5) is 4.39 Å². The van der Waals surface area contributed by atoms with Gasteiger partial charge in [0.05, 0.1) is 5.56 Å². The van der Waals surface area contributed by atoms with E-state index in [1.54, 1.807) is 12.1 Å². The Balaban J connectivity index is 1.31. The number of carbonyl (C=O) groups is 1. The number of aromatic nitrogens is 1. The third-order valence-corrected chi connectivity index (χ3v) is 6.77. The minimum Gasteiger partial charge on any atom is -0.477 e. The van der Waals surface area contributed by atoms with Crippen LogP contribution in [0.5, 0.6) is 11.5 Å². The van der Waals surface area contributed by atoms with E-state index in [1.807, 2.05) is 31.2 Å². The first kappa shape index (κ1) is 21.6. The molecule has 0 aliphatic carbocycles. The van der Waals surface area contributed by atoms with E-state index < -0.39 is 0 Å². The molecule has 0 amide bonds. The molecular weight excluding hydrogens is 443 g/mol. The van der Waals surface area contributed by atoms with Crippen molar-refractivity contribution in [1.29, 1.82) is 0 Å². The van der Waals surface area contributed by atoms with Crippen molar-refractivity contribution in [2.24, 2.45) is 0 Å². The molecule has 3 heterocycles. The normalized spacial score (nSPS) is 16.3. The van der Waals surface area contributed by atoms with Crippen LogP contribution in [0.15, 0.2) is 66.6 Å². The number of rotatable bonds is 4. The number of hydrogen-bond acceptors (Lipinski definition) is 4. The molecule has 0 N–H and O–H groups in total. The zero-order valence-corrected chi connectivity index (χ0v) is 19.7. The first-order chi connectivity index (χ1) is 17.0. The second-order valence-corrected chi connectivity index (χ2v) is 9.08. The van der Waals surface area contributed by atoms with Gasteiger partial charge in [0.2, 0.25) is 5.78 Å². The predicted octanol–water partition coefficient (Wildman–Crippen LogP) is 6.08. The minimum atomic E-state index is -0.248. The fraction of sp³-hybridized carbons (Fsp3) is 0.207. The maximum Gasteiger partial charge on any atom is 0.231 e. The van der Waals surface area contributed by atoms with E-state index in [0.717, 1.165) is 45.5 Å². The molecule has 0 spiro atoms. The van der Waals surface area contributed by atoms with Gasteiger partial charge in [0.15, 0.2) is 5.76 Å². The number of aryl methyl sites for hydroxylation is 1. The summed E-state index contributed by atoms with van der Waals surface area (Å²) in [5, 5.41) is 1.09. The molecule has 2 aliphatic heterocycles. The number of nitrogens with zero attached hydrogens (tertiary/aromatic N) is 2. The van der Waals surface area contributed by atoms with Crippen molar-refractivity contribution in [2.45, 2.75) is 33.5 Å². The number of Topliss-reactive ketones (excluding diaryl/α,β-unsaturated/α-hetero) is 1. The van der Waals surface area contributed by atoms with Crippen LogP contribution < -0.4 is 9.47 Å². The molecule has 6 heteroatoms. The van der Waals surface area contributed by atoms with Crippen molar-refractivity contribution in [3.8, 4) is 11.5 Å². The van der Waals surface area contributed by atoms with Crippen LogP contribution >= 0.6 is 0 Å². The van der Waals surface area contributed by atoms with Crippen LogP contribution in [0.3, 0.4) is 0 Å². The lowest BCUT2D eigenvalue weighted by atomic mass is 9.99. The van der Waals surface area contributed by atoms with Crippen molar-refractivity contribution in [3.05, 3.63) is 100 Å². The van der Waals surface area contributed by atoms with Gasteiger partial charge in [0, 0.05) is 53.4 Å². The molecule has 6 rings (SSSR count). The third-order valence-electron chi connectivity index (χ3n) is 6.77. The Morgan fingerprint density at radius 2 is 1.89 bits per heavy atom. The lowest BCUT2D eigenvalue weighted by Crippen LogP contribution is -2.32. The summed E-state index contributed by atoms with van der Waals surface area (Å²) in [7, 11) is 0. The molecule has 0 saturated heterocycles. The lowest BCUT2D eigenvalue weighted by Gasteiger charge is -2.30. The number of allylic oxidation sites excluding steroid dienone is 1. The summed E-state index contributed by atoms with van der Waals surface area (Å²) in [4.78, 5) is 15.5. The van der Waals surface area contributed by atoms with Crippen molar-refractivity contribution in [2.75, 3.05) is 6.73 Å². The van der Waals surface area contributed by atoms with Crippen molar-refractivity contribution in [3.63, 3.8) is 0 Å². The molecule has 5 nitrogen and oxygen atoms in total. The summed E-state index contributed by atoms with van der Waals surface area (Å²) in [6.07, 6.45) is 3.91. The number of ketones is 1. The molecule has 2 aliphatic rings. The van der Waals surface area contributed by atoms with Gasteiger partial charge in [-0.05, 0) is 49.8 Å². The highest BCUT2D eigenvalue weighted by Crippen LogP contribution is 2.43. The SMILES string of the molecule is CCn1cc(/C=C2\Oc3c(cc4c(c3C)OCN(Cc3ccc(F)cc3)C4)C2=O)c2ccccc21. The fourth-order valence-corrected chi connectivity index (χ4v) is 5.04. The van der Waals surface area contributed by atoms with Crippen LogP contribution in [-0.2, 0) is 19.6 Å². The van der Waals surface area contributed by atoms with E-state index >= 15 is 0 Å². The average molecular weight is 469 g/mol. The molecular formula is C29H25FN2O3. The number of carbonyl (C=O) groups excluding carboxylic acids is 1. The summed E-state index contributed by atoms with van der Waals surface area (Å²) in [6.45, 7) is 6.56. The average Bonchev–Trinajstić information content (AvgIpc) is 3.38. The first-order valence-corrected chi connectivity index (χ1v) is 11.8. The van der Waals surface area contributed by atoms with E-state index in [1.165, 1.54) is 12.1 Å². The summed E-state index contributed by atoms with van der Waals surface area (Å²) >= 11 is 0. The second-order valence-electron chi connectivity index (χ2n) is 9.08. The maximum atomic E-state index is 13.4. The van der Waals surface area contributed by atoms with Crippen LogP contribution in [0.1, 0.15) is 39.5 Å². The molecule has 35 heavy (non-hydrogen) atoms. The van der Waals surface area contributed by atoms with Crippen molar-refractivity contribution >= 4 is 22.8 Å². The first-order valence-electron chi connectivity index (χ1n) is 11.8. The number of fused-ring (bicyclic) bond motifs is 3. The van der Waals surface area contributed by atoms with E-state index in [0.29, 0.717) is 36.9 Å². The topological polar surface area (TPSA) is 43.7 Å². The van der Waals surface area contributed by atoms with Crippen LogP contribution in [0.25, 0.3) is 17.0 Å². The zero-order valence-electron chi connectivity index (χ0n) is 19.7. The largest absolute Gasteiger partial charge is 0.477 e. The van der Waals surface area contributed by atoms with Gasteiger partial charge in [0.25, 0.3) is 0 Å². The molecule has 176 valence electrons. The monoisotopic (exact) mass is 468 g/mol. The van der Waals surface area contributed by atoms with Gasteiger partial charge in [-0.2, -0.15) is 0 Å². The molecule has 0 fully saturated rings. The maximum absolute atomic E-state index is 13.4. The number of hydrogen-bond donors (Lipinski definition) is 0. The summed E-state index contributed by atoms with van der Waals surface area (Å²) in [5.41, 5.74) is 5.46. The minimum absolute atomic E-state index is 0.116. The summed E-state index contributed by atoms with van der Waals surface area (Å²) in [5.74, 6) is 1.31. The highest BCUT2D eigenvalue weighted by molar-refractivity contribution is 6.15. The van der Waals surface area contributed by atoms with Crippen molar-refractivity contribution in [1.82, 2.24) is 9.47 Å². The number of benzene rings is 3. The molecule has 0 bridgehead atoms. The molecule has 0 saturated carbocycles. The predicted molar refractivity (Wildman–Crippen MR) is 133 cm³/mol. The Morgan fingerprint density at radius 3 is 2.69 bits per heavy atom. The van der Waals surface area contributed by atoms with E-state index in [4.69, 9.17) is 9.47 Å². The second kappa shape index (κ2) is 8.40. The smallest absolute Gasteiger partial charge is 0.231 e. The summed E-state index contributed by atoms with van der Waals surface area (Å²) in [6, 6.07) is 16.6. The Labute approximate surface area is 203 Å². The van der Waals surface area contributed by atoms with Gasteiger partial charge in [0.1, 0.15) is 24.0 Å². The van der Waals surface area contributed by atoms with Crippen LogP contribution in [0, 0.1) is 12.7 Å². The molecule has 0 radical (unpaired) electrons. The quantitative estimate of drug-likeness (QED) is 0.341. The Bertz CT molecular complexity index is 1500. The van der Waals surface area contributed by atoms with Gasteiger partial charge in [-0.1, -0.05) is 30.3 Å². The van der Waals surface area contributed by atoms with E-state index in [2.05, 4.69) is 34.7 Å². The Morgan fingerprint density at radius 1 is 1.09 bits per heavy atom. The third kappa shape index (κ3) is 3.70. The van der Waals surface area contributed by atoms with E-state index in [-0.39, 0.29) is 11.6 Å². The lowest BCUT2D eigenvalue weighted by molar-refractivity contribution is 0.0876. The highest BCUT2D eigenvalue weighted by atomic mass is 19.1. The number of halogens is 1. The van der Waals surface area contributed by atoms with Crippen molar-refractivity contribution < 1.29 is 18.7 Å². The standard InChI is InChI=1S/C29H25FN2O3/c1-3-32-16-20(23-6-4-5-7-25(23)32)13-26-27(33)24-12-21-15-31(14-19-8-10-22(30)11-9-19)17-34-28(21)18(2)29(24)35-26/h4-13,16H,3,14-15,17H2,1-2H3/b26-13-. The zero-order chi connectivity index (χ0) is 24.1. The Kier molecular flexibility index (Phi) is 5.19. The fourth-order valence-electron chi connectivity index (χ4n) is 5.04. The number of ether oxygens (including phenoxy) is 2. The van der Waals surface area contributed by atoms with Gasteiger partial charge < -0.3 is 14.0 Å². The Hall–Kier alpha value is -3.90. The van der Waals surface area contributed by atoms with Crippen LogP contribution in [0.2, 0.25) is 0 Å². The van der Waals surface area contributed by atoms with E-state index in [9.17, 15) is 9.18 Å². The van der Waals surface area contributed by atoms with Crippen LogP contribution in [-0.4, -0.2) is 22.0 Å². The molecule has 0 unspecified atom stereocenters. The molecule has 1 aromatic heterocycles. The van der Waals surface area contributed by atoms with Gasteiger partial charge in [-0.25, -0.2) is 4.39 Å². The summed E-state index contributed by atoms with van der Waals surface area (Å²) < 4.78 is 27.6. The highest BCUT2D eigenvalue weighted by Gasteiger charge is 2.33. The van der Waals surface area contributed by atoms with Gasteiger partial charge in [-0.3, -0.25) is 9.69 Å². The van der Waals surface area contributed by atoms with Gasteiger partial charge >= 0.3 is 0 Å². The molecule has 4 aromatic rings. The van der Waals surface area contributed by atoms with Gasteiger partial charge in [-0.15, -0.1) is 0 Å². The molecule has 0 atom stereocenters. The number of para-hydroxylation sites is 1.